The minimum absolute atomic E-state index is 0.0499. The van der Waals surface area contributed by atoms with Crippen molar-refractivity contribution in [3.8, 4) is 0 Å². The van der Waals surface area contributed by atoms with Gasteiger partial charge in [0.05, 0.1) is 13.2 Å². The summed E-state index contributed by atoms with van der Waals surface area (Å²) in [6, 6.07) is 8.54. The molecule has 0 saturated carbocycles. The van der Waals surface area contributed by atoms with Crippen LogP contribution in [0.15, 0.2) is 30.3 Å². The molecule has 1 atom stereocenters. The minimum Gasteiger partial charge on any atom is -0.374 e. The van der Waals surface area contributed by atoms with E-state index in [4.69, 9.17) is 14.9 Å². The number of alkyl halides is 4. The average Bonchev–Trinajstić information content (AvgIpc) is 2.41. The molecule has 0 spiro atoms. The number of aliphatic hydroxyl groups is 2. The molecule has 1 fully saturated rings. The molecule has 1 aliphatic heterocycles. The van der Waals surface area contributed by atoms with Crippen molar-refractivity contribution in [3.63, 3.8) is 0 Å². The Bertz CT molecular complexity index is 478. The SMILES string of the molecule is OC1(O)CO[C@@H](COCc2ccccc2)C(F)(F)C1(F)F. The minimum atomic E-state index is -5.03. The van der Waals surface area contributed by atoms with Crippen LogP contribution in [0.4, 0.5) is 17.6 Å². The molecule has 1 aliphatic rings. The summed E-state index contributed by atoms with van der Waals surface area (Å²) in [6.45, 7) is -2.17. The van der Waals surface area contributed by atoms with Gasteiger partial charge >= 0.3 is 11.8 Å². The van der Waals surface area contributed by atoms with Crippen LogP contribution >= 0.6 is 0 Å². The van der Waals surface area contributed by atoms with Crippen LogP contribution in [0.3, 0.4) is 0 Å². The van der Waals surface area contributed by atoms with Crippen molar-refractivity contribution < 1.29 is 37.2 Å². The van der Waals surface area contributed by atoms with Gasteiger partial charge in [-0.1, -0.05) is 30.3 Å². The first-order valence-corrected chi connectivity index (χ1v) is 6.12. The maximum Gasteiger partial charge on any atom is 0.367 e. The quantitative estimate of drug-likeness (QED) is 0.654. The van der Waals surface area contributed by atoms with Crippen LogP contribution in [0.1, 0.15) is 5.56 Å². The maximum atomic E-state index is 13.6. The van der Waals surface area contributed by atoms with E-state index >= 15 is 0 Å². The van der Waals surface area contributed by atoms with Gasteiger partial charge in [0.25, 0.3) is 5.79 Å². The topological polar surface area (TPSA) is 58.9 Å². The number of rotatable bonds is 4. The van der Waals surface area contributed by atoms with Crippen LogP contribution in [-0.4, -0.2) is 47.2 Å². The van der Waals surface area contributed by atoms with Gasteiger partial charge in [-0.15, -0.1) is 0 Å². The van der Waals surface area contributed by atoms with E-state index in [1.807, 2.05) is 0 Å². The van der Waals surface area contributed by atoms with Gasteiger partial charge in [0.15, 0.2) is 6.10 Å². The summed E-state index contributed by atoms with van der Waals surface area (Å²) in [5.41, 5.74) is 0.682. The smallest absolute Gasteiger partial charge is 0.367 e. The highest BCUT2D eigenvalue weighted by atomic mass is 19.3. The second kappa shape index (κ2) is 5.53. The van der Waals surface area contributed by atoms with Gasteiger partial charge in [-0.05, 0) is 5.56 Å². The second-order valence-corrected chi connectivity index (χ2v) is 4.81. The lowest BCUT2D eigenvalue weighted by molar-refractivity contribution is -0.425. The first-order valence-electron chi connectivity index (χ1n) is 6.12. The average molecular weight is 310 g/mol. The first-order chi connectivity index (χ1) is 9.68. The highest BCUT2D eigenvalue weighted by molar-refractivity contribution is 5.13. The van der Waals surface area contributed by atoms with E-state index < -0.39 is 36.9 Å². The van der Waals surface area contributed by atoms with Crippen LogP contribution in [0.2, 0.25) is 0 Å². The van der Waals surface area contributed by atoms with Crippen LogP contribution in [0, 0.1) is 0 Å². The summed E-state index contributed by atoms with van der Waals surface area (Å²) >= 11 is 0. The van der Waals surface area contributed by atoms with Crippen LogP contribution in [-0.2, 0) is 16.1 Å². The Hall–Kier alpha value is -1.22. The predicted octanol–water partition coefficient (Wildman–Crippen LogP) is 1.55. The van der Waals surface area contributed by atoms with E-state index in [-0.39, 0.29) is 6.61 Å². The predicted molar refractivity (Wildman–Crippen MR) is 62.9 cm³/mol. The Morgan fingerprint density at radius 3 is 2.38 bits per heavy atom. The molecular formula is C13H14F4O4. The molecular weight excluding hydrogens is 296 g/mol. The van der Waals surface area contributed by atoms with Crippen molar-refractivity contribution in [2.45, 2.75) is 30.3 Å². The summed E-state index contributed by atoms with van der Waals surface area (Å²) in [7, 11) is 0. The fraction of sp³-hybridized carbons (Fsp3) is 0.538. The zero-order valence-electron chi connectivity index (χ0n) is 10.8. The largest absolute Gasteiger partial charge is 0.374 e. The Labute approximate surface area is 117 Å². The first kappa shape index (κ1) is 16.2. The summed E-state index contributed by atoms with van der Waals surface area (Å²) in [4.78, 5) is 0. The van der Waals surface area contributed by atoms with Gasteiger partial charge in [-0.2, -0.15) is 17.6 Å². The normalized spacial score (nSPS) is 26.5. The van der Waals surface area contributed by atoms with E-state index in [0.29, 0.717) is 5.56 Å². The Kier molecular flexibility index (Phi) is 4.25. The molecule has 0 unspecified atom stereocenters. The Morgan fingerprint density at radius 1 is 1.14 bits per heavy atom. The highest BCUT2D eigenvalue weighted by Crippen LogP contribution is 2.47. The van der Waals surface area contributed by atoms with Gasteiger partial charge in [-0.25, -0.2) is 0 Å². The summed E-state index contributed by atoms with van der Waals surface area (Å²) in [5, 5.41) is 17.8. The molecule has 0 aromatic heterocycles. The standard InChI is InChI=1S/C13H14F4O4/c14-12(15)10(21-8-11(18,19)13(12,16)17)7-20-6-9-4-2-1-3-5-9/h1-5,10,18-19H,6-8H2/t10-/m0/s1. The van der Waals surface area contributed by atoms with Crippen LogP contribution in [0.5, 0.6) is 0 Å². The third-order valence-corrected chi connectivity index (χ3v) is 3.19. The van der Waals surface area contributed by atoms with Gasteiger partial charge in [0, 0.05) is 0 Å². The number of halogens is 4. The third kappa shape index (κ3) is 2.89. The lowest BCUT2D eigenvalue weighted by Gasteiger charge is -2.44. The molecule has 1 aromatic rings. The van der Waals surface area contributed by atoms with Crippen molar-refractivity contribution in [1.29, 1.82) is 0 Å². The molecule has 8 heteroatoms. The monoisotopic (exact) mass is 310 g/mol. The molecule has 1 aromatic carbocycles. The molecule has 21 heavy (non-hydrogen) atoms. The van der Waals surface area contributed by atoms with E-state index in [1.165, 1.54) is 0 Å². The van der Waals surface area contributed by atoms with E-state index in [9.17, 15) is 17.6 Å². The molecule has 1 saturated heterocycles. The molecule has 0 amide bonds. The Balaban J connectivity index is 1.98. The molecule has 2 rings (SSSR count). The lowest BCUT2D eigenvalue weighted by Crippen LogP contribution is -2.70. The van der Waals surface area contributed by atoms with Gasteiger partial charge in [0.2, 0.25) is 0 Å². The number of hydrogen-bond acceptors (Lipinski definition) is 4. The lowest BCUT2D eigenvalue weighted by atomic mass is 9.95. The van der Waals surface area contributed by atoms with Crippen molar-refractivity contribution in [1.82, 2.24) is 0 Å². The second-order valence-electron chi connectivity index (χ2n) is 4.81. The van der Waals surface area contributed by atoms with Crippen molar-refractivity contribution in [2.24, 2.45) is 0 Å². The molecule has 2 N–H and O–H groups in total. The van der Waals surface area contributed by atoms with Gasteiger partial charge in [-0.3, -0.25) is 0 Å². The number of ether oxygens (including phenoxy) is 2. The molecule has 118 valence electrons. The van der Waals surface area contributed by atoms with Gasteiger partial charge in [0.1, 0.15) is 6.61 Å². The van der Waals surface area contributed by atoms with Crippen LogP contribution < -0.4 is 0 Å². The zero-order chi connectivity index (χ0) is 15.7. The molecule has 0 aliphatic carbocycles. The Morgan fingerprint density at radius 2 is 1.76 bits per heavy atom. The fourth-order valence-corrected chi connectivity index (χ4v) is 1.89. The highest BCUT2D eigenvalue weighted by Gasteiger charge is 2.75. The molecule has 0 bridgehead atoms. The molecule has 0 radical (unpaired) electrons. The van der Waals surface area contributed by atoms with Gasteiger partial charge < -0.3 is 19.7 Å². The number of benzene rings is 1. The van der Waals surface area contributed by atoms with Crippen molar-refractivity contribution in [3.05, 3.63) is 35.9 Å². The number of hydrogen-bond donors (Lipinski definition) is 2. The van der Waals surface area contributed by atoms with E-state index in [1.54, 1.807) is 30.3 Å². The summed E-state index contributed by atoms with van der Waals surface area (Å²) < 4.78 is 63.3. The molecule has 4 nitrogen and oxygen atoms in total. The van der Waals surface area contributed by atoms with Crippen molar-refractivity contribution >= 4 is 0 Å². The van der Waals surface area contributed by atoms with E-state index in [0.717, 1.165) is 0 Å². The fourth-order valence-electron chi connectivity index (χ4n) is 1.89. The summed E-state index contributed by atoms with van der Waals surface area (Å²) in [5.74, 6) is -13.7. The zero-order valence-corrected chi connectivity index (χ0v) is 10.8. The third-order valence-electron chi connectivity index (χ3n) is 3.19. The maximum absolute atomic E-state index is 13.6. The molecule has 1 heterocycles. The van der Waals surface area contributed by atoms with Crippen molar-refractivity contribution in [2.75, 3.05) is 13.2 Å². The summed E-state index contributed by atoms with van der Waals surface area (Å²) in [6.07, 6.45) is -2.26. The van der Waals surface area contributed by atoms with E-state index in [2.05, 4.69) is 4.74 Å². The van der Waals surface area contributed by atoms with Crippen LogP contribution in [0.25, 0.3) is 0 Å².